The lowest BCUT2D eigenvalue weighted by atomic mass is 9.95. The number of nitrogens with one attached hydrogen (secondary N) is 2. The summed E-state index contributed by atoms with van der Waals surface area (Å²) >= 11 is 1.48. The Bertz CT molecular complexity index is 1330. The predicted molar refractivity (Wildman–Crippen MR) is 125 cm³/mol. The van der Waals surface area contributed by atoms with Crippen LogP contribution in [0.2, 0.25) is 0 Å². The Balaban J connectivity index is 1.45. The highest BCUT2D eigenvalue weighted by Gasteiger charge is 2.27. The molecule has 0 aliphatic heterocycles. The molecule has 2 amide bonds. The van der Waals surface area contributed by atoms with E-state index in [1.807, 2.05) is 24.3 Å². The molecule has 0 fully saturated rings. The lowest BCUT2D eigenvalue weighted by molar-refractivity contribution is 0.102. The number of hydrogen-bond acceptors (Lipinski definition) is 7. The second-order valence-corrected chi connectivity index (χ2v) is 8.86. The minimum absolute atomic E-state index is 0.249. The summed E-state index contributed by atoms with van der Waals surface area (Å²) in [4.78, 5) is 31.4. The number of anilines is 2. The number of hydrogen-bond donors (Lipinski definition) is 2. The minimum Gasteiger partial charge on any atom is -0.322 e. The van der Waals surface area contributed by atoms with Crippen LogP contribution in [0.5, 0.6) is 0 Å². The van der Waals surface area contributed by atoms with Crippen molar-refractivity contribution in [2.75, 3.05) is 10.6 Å². The number of tetrazole rings is 1. The van der Waals surface area contributed by atoms with Gasteiger partial charge in [-0.2, -0.15) is 4.68 Å². The van der Waals surface area contributed by atoms with E-state index < -0.39 is 0 Å². The van der Waals surface area contributed by atoms with Crippen LogP contribution < -0.4 is 10.6 Å². The van der Waals surface area contributed by atoms with Crippen molar-refractivity contribution in [1.29, 1.82) is 0 Å². The molecule has 10 heteroatoms. The topological polar surface area (TPSA) is 115 Å². The van der Waals surface area contributed by atoms with Crippen LogP contribution in [0.3, 0.4) is 0 Å². The molecule has 3 aromatic heterocycles. The molecular formula is C23H21N7O2S. The fourth-order valence-corrected chi connectivity index (χ4v) is 5.23. The van der Waals surface area contributed by atoms with Crippen LogP contribution >= 0.6 is 11.3 Å². The lowest BCUT2D eigenvalue weighted by Gasteiger charge is -2.14. The van der Waals surface area contributed by atoms with Crippen LogP contribution in [0.4, 0.5) is 10.7 Å². The van der Waals surface area contributed by atoms with E-state index in [1.165, 1.54) is 17.5 Å². The molecule has 0 saturated heterocycles. The first kappa shape index (κ1) is 21.0. The van der Waals surface area contributed by atoms with Crippen LogP contribution in [0, 0.1) is 6.92 Å². The number of amides is 2. The van der Waals surface area contributed by atoms with Crippen LogP contribution in [-0.4, -0.2) is 37.0 Å². The average molecular weight is 460 g/mol. The summed E-state index contributed by atoms with van der Waals surface area (Å²) in [5.74, 6) is 0.110. The van der Waals surface area contributed by atoms with E-state index in [9.17, 15) is 9.59 Å². The number of benzene rings is 1. The number of pyridine rings is 1. The molecule has 4 aromatic rings. The summed E-state index contributed by atoms with van der Waals surface area (Å²) in [6.45, 7) is 1.81. The zero-order valence-corrected chi connectivity index (χ0v) is 18.7. The van der Waals surface area contributed by atoms with Gasteiger partial charge in [-0.15, -0.1) is 16.4 Å². The molecule has 1 aliphatic carbocycles. The monoisotopic (exact) mass is 459 g/mol. The first-order valence-electron chi connectivity index (χ1n) is 10.6. The Hall–Kier alpha value is -3.92. The molecule has 1 aliphatic rings. The van der Waals surface area contributed by atoms with Gasteiger partial charge in [-0.25, -0.2) is 0 Å². The van der Waals surface area contributed by atoms with Gasteiger partial charge in [0.1, 0.15) is 5.00 Å². The third-order valence-electron chi connectivity index (χ3n) is 5.52. The number of fused-ring (bicyclic) bond motifs is 1. The van der Waals surface area contributed by atoms with Crippen molar-refractivity contribution in [3.05, 3.63) is 76.2 Å². The Morgan fingerprint density at radius 3 is 2.73 bits per heavy atom. The van der Waals surface area contributed by atoms with Gasteiger partial charge in [-0.05, 0) is 78.9 Å². The maximum Gasteiger partial charge on any atom is 0.258 e. The van der Waals surface area contributed by atoms with Crippen molar-refractivity contribution in [3.63, 3.8) is 0 Å². The number of aromatic nitrogens is 5. The van der Waals surface area contributed by atoms with E-state index in [0.717, 1.165) is 41.8 Å². The van der Waals surface area contributed by atoms with E-state index in [-0.39, 0.29) is 11.8 Å². The molecule has 0 unspecified atom stereocenters. The molecule has 5 rings (SSSR count). The Morgan fingerprint density at radius 1 is 1.06 bits per heavy atom. The number of thiophene rings is 1. The molecule has 1 aromatic carbocycles. The third kappa shape index (κ3) is 4.24. The van der Waals surface area contributed by atoms with Crippen molar-refractivity contribution in [3.8, 4) is 5.69 Å². The maximum atomic E-state index is 13.4. The molecule has 33 heavy (non-hydrogen) atoms. The van der Waals surface area contributed by atoms with Crippen molar-refractivity contribution in [2.24, 2.45) is 0 Å². The van der Waals surface area contributed by atoms with E-state index in [2.05, 4.69) is 31.1 Å². The smallest absolute Gasteiger partial charge is 0.258 e. The van der Waals surface area contributed by atoms with Gasteiger partial charge < -0.3 is 10.6 Å². The lowest BCUT2D eigenvalue weighted by Crippen LogP contribution is -2.19. The molecule has 0 atom stereocenters. The fraction of sp³-hybridized carbons (Fsp3) is 0.217. The molecule has 0 radical (unpaired) electrons. The standard InChI is InChI=1S/C23H21N7O2S/c1-14-27-28-29-30(14)17-8-4-7-16(12-17)25-22(32)20-18-9-2-3-10-19(18)33-23(20)26-21(31)15-6-5-11-24-13-15/h4-8,11-13H,2-3,9-10H2,1H3,(H,25,32)(H,26,31). The Labute approximate surface area is 193 Å². The third-order valence-corrected chi connectivity index (χ3v) is 6.73. The average Bonchev–Trinajstić information content (AvgIpc) is 3.42. The van der Waals surface area contributed by atoms with Gasteiger partial charge in [0.2, 0.25) is 0 Å². The van der Waals surface area contributed by atoms with Crippen LogP contribution in [0.15, 0.2) is 48.8 Å². The number of aryl methyl sites for hydroxylation is 2. The van der Waals surface area contributed by atoms with Gasteiger partial charge in [-0.1, -0.05) is 6.07 Å². The van der Waals surface area contributed by atoms with Crippen molar-refractivity contribution >= 4 is 33.8 Å². The molecular weight excluding hydrogens is 438 g/mol. The first-order chi connectivity index (χ1) is 16.1. The summed E-state index contributed by atoms with van der Waals surface area (Å²) in [5.41, 5.74) is 3.37. The van der Waals surface area contributed by atoms with Gasteiger partial charge >= 0.3 is 0 Å². The number of nitrogens with zero attached hydrogens (tertiary/aromatic N) is 5. The van der Waals surface area contributed by atoms with E-state index in [1.54, 1.807) is 29.9 Å². The highest BCUT2D eigenvalue weighted by molar-refractivity contribution is 7.17. The summed E-state index contributed by atoms with van der Waals surface area (Å²) in [7, 11) is 0. The molecule has 3 heterocycles. The molecule has 166 valence electrons. The Kier molecular flexibility index (Phi) is 5.66. The summed E-state index contributed by atoms with van der Waals surface area (Å²) in [5, 5.41) is 18.1. The second kappa shape index (κ2) is 8.91. The van der Waals surface area contributed by atoms with E-state index in [0.29, 0.717) is 27.6 Å². The largest absolute Gasteiger partial charge is 0.322 e. The van der Waals surface area contributed by atoms with Gasteiger partial charge in [0.05, 0.1) is 16.8 Å². The first-order valence-corrected chi connectivity index (χ1v) is 11.4. The van der Waals surface area contributed by atoms with Gasteiger partial charge in [0.15, 0.2) is 5.82 Å². The van der Waals surface area contributed by atoms with Crippen LogP contribution in [0.25, 0.3) is 5.69 Å². The van der Waals surface area contributed by atoms with Crippen LogP contribution in [0.1, 0.15) is 49.8 Å². The predicted octanol–water partition coefficient (Wildman–Crippen LogP) is 3.81. The zero-order valence-electron chi connectivity index (χ0n) is 17.9. The van der Waals surface area contributed by atoms with E-state index in [4.69, 9.17) is 0 Å². The molecule has 0 bridgehead atoms. The van der Waals surface area contributed by atoms with Crippen molar-refractivity contribution in [1.82, 2.24) is 25.2 Å². The summed E-state index contributed by atoms with van der Waals surface area (Å²) in [6, 6.07) is 10.7. The number of rotatable bonds is 5. The number of carbonyl (C=O) groups excluding carboxylic acids is 2. The molecule has 0 saturated carbocycles. The van der Waals surface area contributed by atoms with Gasteiger partial charge in [0.25, 0.3) is 11.8 Å². The summed E-state index contributed by atoms with van der Waals surface area (Å²) < 4.78 is 1.60. The quantitative estimate of drug-likeness (QED) is 0.469. The minimum atomic E-state index is -0.285. The molecule has 9 nitrogen and oxygen atoms in total. The highest BCUT2D eigenvalue weighted by Crippen LogP contribution is 2.38. The van der Waals surface area contributed by atoms with E-state index >= 15 is 0 Å². The SMILES string of the molecule is Cc1nnnn1-c1cccc(NC(=O)c2c(NC(=O)c3cccnc3)sc3c2CCCC3)c1. The maximum absolute atomic E-state index is 13.4. The van der Waals surface area contributed by atoms with Crippen LogP contribution in [-0.2, 0) is 12.8 Å². The number of carbonyl (C=O) groups is 2. The summed E-state index contributed by atoms with van der Waals surface area (Å²) in [6.07, 6.45) is 6.96. The highest BCUT2D eigenvalue weighted by atomic mass is 32.1. The van der Waals surface area contributed by atoms with Crippen molar-refractivity contribution in [2.45, 2.75) is 32.6 Å². The molecule has 0 spiro atoms. The fourth-order valence-electron chi connectivity index (χ4n) is 3.95. The second-order valence-electron chi connectivity index (χ2n) is 7.75. The Morgan fingerprint density at radius 2 is 1.94 bits per heavy atom. The molecule has 2 N–H and O–H groups in total. The van der Waals surface area contributed by atoms with Gasteiger partial charge in [-0.3, -0.25) is 14.6 Å². The zero-order chi connectivity index (χ0) is 22.8. The normalized spacial score (nSPS) is 12.8. The van der Waals surface area contributed by atoms with Crippen molar-refractivity contribution < 1.29 is 9.59 Å². The van der Waals surface area contributed by atoms with Gasteiger partial charge in [0, 0.05) is 23.0 Å².